The molecule has 1 saturated heterocycles. The van der Waals surface area contributed by atoms with E-state index in [1.54, 1.807) is 0 Å². The van der Waals surface area contributed by atoms with Crippen LogP contribution in [0.4, 0.5) is 0 Å². The molecule has 1 heterocycles. The van der Waals surface area contributed by atoms with Gasteiger partial charge in [-0.1, -0.05) is 60.7 Å². The molecule has 0 spiro atoms. The van der Waals surface area contributed by atoms with E-state index in [2.05, 4.69) is 0 Å². The predicted molar refractivity (Wildman–Crippen MR) is 120 cm³/mol. The molecule has 0 saturated carbocycles. The summed E-state index contributed by atoms with van der Waals surface area (Å²) in [6.45, 7) is 2.86. The van der Waals surface area contributed by atoms with E-state index in [1.165, 1.54) is 13.2 Å². The Labute approximate surface area is 189 Å². The fourth-order valence-electron chi connectivity index (χ4n) is 3.63. The molecule has 0 amide bonds. The number of methoxy groups -OCH3 is 1. The Morgan fingerprint density at radius 2 is 1.62 bits per heavy atom. The highest BCUT2D eigenvalue weighted by Gasteiger charge is 2.30. The third-order valence-electron chi connectivity index (χ3n) is 5.36. The number of ether oxygens (including phenoxy) is 4. The predicted octanol–water partition coefficient (Wildman–Crippen LogP) is 4.37. The van der Waals surface area contributed by atoms with Gasteiger partial charge in [0.05, 0.1) is 39.0 Å². The molecule has 1 aliphatic heterocycles. The number of esters is 2. The Bertz CT molecular complexity index is 893. The van der Waals surface area contributed by atoms with Crippen LogP contribution in [0.2, 0.25) is 0 Å². The van der Waals surface area contributed by atoms with Gasteiger partial charge >= 0.3 is 11.9 Å². The van der Waals surface area contributed by atoms with Gasteiger partial charge in [-0.2, -0.15) is 0 Å². The van der Waals surface area contributed by atoms with E-state index in [0.717, 1.165) is 11.1 Å². The molecular formula is C26H30O6. The summed E-state index contributed by atoms with van der Waals surface area (Å²) in [4.78, 5) is 23.7. The van der Waals surface area contributed by atoms with Gasteiger partial charge in [-0.05, 0) is 23.6 Å². The summed E-state index contributed by atoms with van der Waals surface area (Å²) in [6, 6.07) is 19.9. The highest BCUT2D eigenvalue weighted by atomic mass is 16.6. The Hall–Kier alpha value is -2.96. The molecule has 2 aromatic rings. The van der Waals surface area contributed by atoms with Crippen molar-refractivity contribution in [2.24, 2.45) is 0 Å². The quantitative estimate of drug-likeness (QED) is 0.405. The third-order valence-corrected chi connectivity index (χ3v) is 5.36. The summed E-state index contributed by atoms with van der Waals surface area (Å²) in [7, 11) is 1.32. The van der Waals surface area contributed by atoms with Gasteiger partial charge in [-0.3, -0.25) is 4.79 Å². The van der Waals surface area contributed by atoms with Crippen molar-refractivity contribution in [3.8, 4) is 0 Å². The molecule has 0 radical (unpaired) electrons. The van der Waals surface area contributed by atoms with Crippen molar-refractivity contribution in [1.82, 2.24) is 0 Å². The number of carbonyl (C=O) groups is 2. The first-order valence-corrected chi connectivity index (χ1v) is 10.8. The van der Waals surface area contributed by atoms with Crippen LogP contribution in [-0.2, 0) is 41.8 Å². The van der Waals surface area contributed by atoms with Crippen molar-refractivity contribution in [3.05, 3.63) is 83.4 Å². The number of benzene rings is 2. The molecule has 0 aliphatic carbocycles. The maximum absolute atomic E-state index is 12.1. The van der Waals surface area contributed by atoms with Crippen LogP contribution in [0.15, 0.2) is 72.3 Å². The second kappa shape index (κ2) is 12.2. The van der Waals surface area contributed by atoms with Crippen LogP contribution in [-0.4, -0.2) is 37.4 Å². The van der Waals surface area contributed by atoms with Gasteiger partial charge in [-0.25, -0.2) is 4.79 Å². The Morgan fingerprint density at radius 1 is 1.03 bits per heavy atom. The minimum atomic E-state index is -0.468. The molecule has 6 heteroatoms. The van der Waals surface area contributed by atoms with Crippen molar-refractivity contribution >= 4 is 11.9 Å². The first-order valence-electron chi connectivity index (χ1n) is 10.8. The zero-order chi connectivity index (χ0) is 22.8. The highest BCUT2D eigenvalue weighted by molar-refractivity contribution is 5.85. The molecule has 3 atom stereocenters. The molecule has 3 rings (SSSR count). The van der Waals surface area contributed by atoms with Crippen LogP contribution in [0.5, 0.6) is 0 Å². The average molecular weight is 439 g/mol. The normalized spacial score (nSPS) is 19.2. The Morgan fingerprint density at radius 3 is 2.22 bits per heavy atom. The minimum absolute atomic E-state index is 0.0984. The Kier molecular flexibility index (Phi) is 9.01. The molecule has 1 aliphatic rings. The topological polar surface area (TPSA) is 71.1 Å². The summed E-state index contributed by atoms with van der Waals surface area (Å²) in [6.07, 6.45) is 1.49. The Balaban J connectivity index is 1.66. The van der Waals surface area contributed by atoms with Crippen LogP contribution in [0.25, 0.3) is 0 Å². The molecular weight excluding hydrogens is 408 g/mol. The zero-order valence-corrected chi connectivity index (χ0v) is 18.6. The summed E-state index contributed by atoms with van der Waals surface area (Å²) in [5, 5.41) is 0. The van der Waals surface area contributed by atoms with Crippen LogP contribution >= 0.6 is 0 Å². The van der Waals surface area contributed by atoms with E-state index < -0.39 is 12.1 Å². The largest absolute Gasteiger partial charge is 0.466 e. The third kappa shape index (κ3) is 7.62. The first kappa shape index (κ1) is 23.7. The lowest BCUT2D eigenvalue weighted by Gasteiger charge is -2.31. The van der Waals surface area contributed by atoms with Crippen LogP contribution in [0.3, 0.4) is 0 Å². The summed E-state index contributed by atoms with van der Waals surface area (Å²) < 4.78 is 22.6. The first-order chi connectivity index (χ1) is 15.5. The van der Waals surface area contributed by atoms with Gasteiger partial charge in [0.2, 0.25) is 0 Å². The average Bonchev–Trinajstić information content (AvgIpc) is 2.81. The van der Waals surface area contributed by atoms with E-state index in [-0.39, 0.29) is 24.6 Å². The van der Waals surface area contributed by atoms with Crippen molar-refractivity contribution in [1.29, 1.82) is 0 Å². The van der Waals surface area contributed by atoms with Crippen molar-refractivity contribution in [2.45, 2.75) is 57.7 Å². The van der Waals surface area contributed by atoms with Gasteiger partial charge < -0.3 is 18.9 Å². The van der Waals surface area contributed by atoms with Crippen molar-refractivity contribution in [3.63, 3.8) is 0 Å². The summed E-state index contributed by atoms with van der Waals surface area (Å²) in [5.41, 5.74) is 2.84. The summed E-state index contributed by atoms with van der Waals surface area (Å²) in [5.74, 6) is -0.819. The molecule has 0 unspecified atom stereocenters. The van der Waals surface area contributed by atoms with Crippen LogP contribution in [0, 0.1) is 0 Å². The lowest BCUT2D eigenvalue weighted by molar-refractivity contribution is -0.156. The molecule has 6 nitrogen and oxygen atoms in total. The smallest absolute Gasteiger partial charge is 0.330 e. The minimum Gasteiger partial charge on any atom is -0.466 e. The molecule has 1 fully saturated rings. The molecule has 0 bridgehead atoms. The second-order valence-corrected chi connectivity index (χ2v) is 7.89. The van der Waals surface area contributed by atoms with Gasteiger partial charge in [0.15, 0.2) is 0 Å². The zero-order valence-electron chi connectivity index (χ0n) is 18.6. The molecule has 32 heavy (non-hydrogen) atoms. The number of cyclic esters (lactones) is 1. The summed E-state index contributed by atoms with van der Waals surface area (Å²) >= 11 is 0. The number of hydrogen-bond acceptors (Lipinski definition) is 6. The number of rotatable bonds is 10. The van der Waals surface area contributed by atoms with Gasteiger partial charge in [0.25, 0.3) is 0 Å². The fourth-order valence-corrected chi connectivity index (χ4v) is 3.63. The van der Waals surface area contributed by atoms with E-state index in [1.807, 2.05) is 67.6 Å². The fraction of sp³-hybridized carbons (Fsp3) is 0.385. The molecule has 0 aromatic heterocycles. The van der Waals surface area contributed by atoms with E-state index in [0.29, 0.717) is 31.6 Å². The van der Waals surface area contributed by atoms with Crippen LogP contribution < -0.4 is 0 Å². The van der Waals surface area contributed by atoms with E-state index in [9.17, 15) is 9.59 Å². The van der Waals surface area contributed by atoms with Gasteiger partial charge in [0.1, 0.15) is 6.10 Å². The van der Waals surface area contributed by atoms with Gasteiger partial charge in [0, 0.05) is 18.9 Å². The highest BCUT2D eigenvalue weighted by Crippen LogP contribution is 2.26. The molecule has 0 N–H and O–H groups in total. The lowest BCUT2D eigenvalue weighted by atomic mass is 9.96. The van der Waals surface area contributed by atoms with Gasteiger partial charge in [-0.15, -0.1) is 0 Å². The molecule has 170 valence electrons. The molecule has 2 aromatic carbocycles. The maximum Gasteiger partial charge on any atom is 0.330 e. The second-order valence-electron chi connectivity index (χ2n) is 7.89. The van der Waals surface area contributed by atoms with E-state index in [4.69, 9.17) is 18.9 Å². The standard InChI is InChI=1S/C26H30O6/c1-19(30-17-20-9-5-3-6-10-20)24(31-18-21-11-7-4-8-12-21)16-23-13-22(14-25(27)29-2)15-26(28)32-23/h3-12,14,19,23-24H,13,15-18H2,1-2H3/b22-14-/t19-,23+,24-/m1/s1. The van der Waals surface area contributed by atoms with E-state index >= 15 is 0 Å². The number of hydrogen-bond donors (Lipinski definition) is 0. The van der Waals surface area contributed by atoms with Crippen molar-refractivity contribution in [2.75, 3.05) is 7.11 Å². The monoisotopic (exact) mass is 438 g/mol. The maximum atomic E-state index is 12.1. The van der Waals surface area contributed by atoms with Crippen LogP contribution in [0.1, 0.15) is 37.3 Å². The number of carbonyl (C=O) groups excluding carboxylic acids is 2. The SMILES string of the molecule is COC(=O)/C=C1\CC(=O)O[C@H](C[C@@H](OCc2ccccc2)[C@@H](C)OCc2ccccc2)C1. The van der Waals surface area contributed by atoms with Crippen molar-refractivity contribution < 1.29 is 28.5 Å². The lowest BCUT2D eigenvalue weighted by Crippen LogP contribution is -2.36.